The molecule has 0 fully saturated rings. The Kier molecular flexibility index (Phi) is 4.21. The van der Waals surface area contributed by atoms with Gasteiger partial charge in [0.15, 0.2) is 0 Å². The van der Waals surface area contributed by atoms with Crippen molar-refractivity contribution in [2.45, 2.75) is 6.10 Å². The van der Waals surface area contributed by atoms with Crippen LogP contribution < -0.4 is 5.90 Å². The zero-order chi connectivity index (χ0) is 15.4. The summed E-state index contributed by atoms with van der Waals surface area (Å²) < 4.78 is 0. The smallest absolute Gasteiger partial charge is 0.275 e. The molecule has 0 aliphatic carbocycles. The van der Waals surface area contributed by atoms with Gasteiger partial charge in [0.05, 0.1) is 21.0 Å². The topological polar surface area (TPSA) is 122 Å². The summed E-state index contributed by atoms with van der Waals surface area (Å²) in [5, 5.41) is 22.1. The van der Waals surface area contributed by atoms with Gasteiger partial charge in [-0.15, -0.1) is 0 Å². The van der Waals surface area contributed by atoms with Gasteiger partial charge in [0.25, 0.3) is 11.4 Å². The number of rotatable bonds is 5. The fourth-order valence-electron chi connectivity index (χ4n) is 2.07. The Morgan fingerprint density at radius 1 is 0.857 bits per heavy atom. The van der Waals surface area contributed by atoms with Crippen molar-refractivity contribution in [3.8, 4) is 0 Å². The predicted octanol–water partition coefficient (Wildman–Crippen LogP) is 2.48. The second-order valence-electron chi connectivity index (χ2n) is 4.15. The van der Waals surface area contributed by atoms with Gasteiger partial charge in [-0.3, -0.25) is 25.1 Å². The number of nitro benzene ring substituents is 2. The number of para-hydroxylation sites is 2. The van der Waals surface area contributed by atoms with Gasteiger partial charge in [-0.1, -0.05) is 24.3 Å². The Hall–Kier alpha value is -2.84. The molecule has 2 aromatic rings. The number of nitrogens with two attached hydrogens (primary N) is 1. The molecule has 0 saturated heterocycles. The number of nitrogens with zero attached hydrogens (tertiary/aromatic N) is 2. The lowest BCUT2D eigenvalue weighted by Crippen LogP contribution is -2.14. The van der Waals surface area contributed by atoms with E-state index in [4.69, 9.17) is 10.7 Å². The molecule has 0 aliphatic rings. The summed E-state index contributed by atoms with van der Waals surface area (Å²) in [4.78, 5) is 25.8. The molecule has 0 saturated carbocycles. The van der Waals surface area contributed by atoms with E-state index in [2.05, 4.69) is 0 Å². The number of hydrogen-bond acceptors (Lipinski definition) is 6. The molecule has 2 rings (SSSR count). The zero-order valence-electron chi connectivity index (χ0n) is 10.7. The van der Waals surface area contributed by atoms with E-state index in [-0.39, 0.29) is 22.5 Å². The normalized spacial score (nSPS) is 10.6. The van der Waals surface area contributed by atoms with E-state index in [9.17, 15) is 20.2 Å². The highest BCUT2D eigenvalue weighted by Crippen LogP contribution is 2.35. The summed E-state index contributed by atoms with van der Waals surface area (Å²) in [6, 6.07) is 11.6. The lowest BCUT2D eigenvalue weighted by Gasteiger charge is -2.15. The van der Waals surface area contributed by atoms with Gasteiger partial charge in [-0.25, -0.2) is 5.90 Å². The van der Waals surface area contributed by atoms with Gasteiger partial charge in [-0.2, -0.15) is 0 Å². The molecular weight excluding hydrogens is 278 g/mol. The largest absolute Gasteiger partial charge is 0.291 e. The maximum Gasteiger partial charge on any atom is 0.275 e. The third kappa shape index (κ3) is 2.86. The number of hydrogen-bond donors (Lipinski definition) is 1. The van der Waals surface area contributed by atoms with Crippen LogP contribution in [0.1, 0.15) is 17.2 Å². The van der Waals surface area contributed by atoms with Crippen molar-refractivity contribution in [1.82, 2.24) is 0 Å². The SMILES string of the molecule is NOC(c1ccccc1[N+](=O)[O-])c1ccccc1[N+](=O)[O-]. The van der Waals surface area contributed by atoms with E-state index in [0.29, 0.717) is 0 Å². The van der Waals surface area contributed by atoms with Crippen molar-refractivity contribution >= 4 is 11.4 Å². The minimum atomic E-state index is -1.10. The van der Waals surface area contributed by atoms with Crippen molar-refractivity contribution in [2.75, 3.05) is 0 Å². The molecule has 0 atom stereocenters. The van der Waals surface area contributed by atoms with Crippen LogP contribution in [0.15, 0.2) is 48.5 Å². The Morgan fingerprint density at radius 2 is 1.24 bits per heavy atom. The van der Waals surface area contributed by atoms with Crippen molar-refractivity contribution in [2.24, 2.45) is 5.90 Å². The highest BCUT2D eigenvalue weighted by molar-refractivity contribution is 5.51. The van der Waals surface area contributed by atoms with Gasteiger partial charge in [-0.05, 0) is 12.1 Å². The molecule has 0 radical (unpaired) electrons. The Bertz CT molecular complexity index is 632. The predicted molar refractivity (Wildman–Crippen MR) is 73.3 cm³/mol. The number of benzene rings is 2. The Balaban J connectivity index is 2.61. The van der Waals surface area contributed by atoms with E-state index < -0.39 is 16.0 Å². The second kappa shape index (κ2) is 6.07. The first-order valence-electron chi connectivity index (χ1n) is 5.88. The summed E-state index contributed by atoms with van der Waals surface area (Å²) in [5.41, 5.74) is -0.129. The first-order valence-corrected chi connectivity index (χ1v) is 5.88. The van der Waals surface area contributed by atoms with E-state index in [0.717, 1.165) is 0 Å². The summed E-state index contributed by atoms with van der Waals surface area (Å²) >= 11 is 0. The van der Waals surface area contributed by atoms with Gasteiger partial charge in [0.1, 0.15) is 6.10 Å². The summed E-state index contributed by atoms with van der Waals surface area (Å²) in [7, 11) is 0. The second-order valence-corrected chi connectivity index (χ2v) is 4.15. The molecule has 108 valence electrons. The molecule has 0 unspecified atom stereocenters. The highest BCUT2D eigenvalue weighted by atomic mass is 16.6. The highest BCUT2D eigenvalue weighted by Gasteiger charge is 2.29. The van der Waals surface area contributed by atoms with Crippen molar-refractivity contribution < 1.29 is 14.7 Å². The van der Waals surface area contributed by atoms with Gasteiger partial charge in [0, 0.05) is 12.1 Å². The first-order chi connectivity index (χ1) is 10.1. The van der Waals surface area contributed by atoms with Crippen LogP contribution in [0.4, 0.5) is 11.4 Å². The van der Waals surface area contributed by atoms with Crippen LogP contribution in [-0.4, -0.2) is 9.85 Å². The molecule has 0 bridgehead atoms. The molecule has 0 aromatic heterocycles. The minimum absolute atomic E-state index is 0.152. The third-order valence-corrected chi connectivity index (χ3v) is 2.97. The van der Waals surface area contributed by atoms with Crippen molar-refractivity contribution in [1.29, 1.82) is 0 Å². The van der Waals surface area contributed by atoms with Crippen molar-refractivity contribution in [3.63, 3.8) is 0 Å². The van der Waals surface area contributed by atoms with Crippen LogP contribution in [0.3, 0.4) is 0 Å². The van der Waals surface area contributed by atoms with Crippen LogP contribution in [0.5, 0.6) is 0 Å². The van der Waals surface area contributed by atoms with E-state index in [1.54, 1.807) is 12.1 Å². The van der Waals surface area contributed by atoms with E-state index in [1.807, 2.05) is 0 Å². The molecule has 8 heteroatoms. The Morgan fingerprint density at radius 3 is 1.57 bits per heavy atom. The molecule has 21 heavy (non-hydrogen) atoms. The number of nitro groups is 2. The molecule has 0 heterocycles. The van der Waals surface area contributed by atoms with Crippen LogP contribution in [0.2, 0.25) is 0 Å². The van der Waals surface area contributed by atoms with E-state index in [1.165, 1.54) is 36.4 Å². The maximum absolute atomic E-state index is 11.1. The van der Waals surface area contributed by atoms with Crippen LogP contribution >= 0.6 is 0 Å². The standard InChI is InChI=1S/C13H11N3O5/c14-21-13(9-5-1-3-7-11(9)15(17)18)10-6-2-4-8-12(10)16(19)20/h1-8,13H,14H2. The van der Waals surface area contributed by atoms with Crippen LogP contribution in [0, 0.1) is 20.2 Å². The average molecular weight is 289 g/mol. The maximum atomic E-state index is 11.1. The summed E-state index contributed by atoms with van der Waals surface area (Å²) in [5.74, 6) is 5.23. The molecule has 2 N–H and O–H groups in total. The first kappa shape index (κ1) is 14.6. The lowest BCUT2D eigenvalue weighted by atomic mass is 9.98. The molecular formula is C13H11N3O5. The van der Waals surface area contributed by atoms with Crippen LogP contribution in [-0.2, 0) is 4.84 Å². The fraction of sp³-hybridized carbons (Fsp3) is 0.0769. The average Bonchev–Trinajstić information content (AvgIpc) is 2.48. The fourth-order valence-corrected chi connectivity index (χ4v) is 2.07. The lowest BCUT2D eigenvalue weighted by molar-refractivity contribution is -0.387. The van der Waals surface area contributed by atoms with Gasteiger partial charge in [0.2, 0.25) is 0 Å². The van der Waals surface area contributed by atoms with E-state index >= 15 is 0 Å². The van der Waals surface area contributed by atoms with Crippen LogP contribution in [0.25, 0.3) is 0 Å². The molecule has 8 nitrogen and oxygen atoms in total. The molecule has 2 aromatic carbocycles. The van der Waals surface area contributed by atoms with Gasteiger partial charge < -0.3 is 0 Å². The third-order valence-electron chi connectivity index (χ3n) is 2.97. The summed E-state index contributed by atoms with van der Waals surface area (Å²) in [6.07, 6.45) is -1.10. The monoisotopic (exact) mass is 289 g/mol. The molecule has 0 amide bonds. The summed E-state index contributed by atoms with van der Waals surface area (Å²) in [6.45, 7) is 0. The van der Waals surface area contributed by atoms with Gasteiger partial charge >= 0.3 is 0 Å². The Labute approximate surface area is 119 Å². The zero-order valence-corrected chi connectivity index (χ0v) is 10.7. The molecule has 0 aliphatic heterocycles. The minimum Gasteiger partial charge on any atom is -0.291 e. The molecule has 0 spiro atoms. The quantitative estimate of drug-likeness (QED) is 0.666. The van der Waals surface area contributed by atoms with Crippen molar-refractivity contribution in [3.05, 3.63) is 79.9 Å².